The van der Waals surface area contributed by atoms with E-state index in [0.717, 1.165) is 17.7 Å². The lowest BCUT2D eigenvalue weighted by molar-refractivity contribution is -0.115. The van der Waals surface area contributed by atoms with Crippen molar-refractivity contribution in [1.29, 1.82) is 0 Å². The van der Waals surface area contributed by atoms with Crippen LogP contribution in [0, 0.1) is 20.8 Å². The third-order valence-corrected chi connectivity index (χ3v) is 7.75. The first-order valence-electron chi connectivity index (χ1n) is 11.8. The van der Waals surface area contributed by atoms with E-state index in [1.54, 1.807) is 0 Å². The fourth-order valence-electron chi connectivity index (χ4n) is 5.28. The van der Waals surface area contributed by atoms with Crippen LogP contribution in [-0.4, -0.2) is 22.7 Å². The number of carbonyl (C=O) groups is 1. The minimum atomic E-state index is -0.0855. The number of amides is 1. The monoisotopic (exact) mass is 461 g/mol. The molecule has 1 fully saturated rings. The Hall–Kier alpha value is -2.53. The maximum atomic E-state index is 12.7. The fourth-order valence-corrected chi connectivity index (χ4v) is 6.11. The van der Waals surface area contributed by atoms with Gasteiger partial charge in [-0.25, -0.2) is 4.99 Å². The average Bonchev–Trinajstić information content (AvgIpc) is 3.03. The van der Waals surface area contributed by atoms with Crippen LogP contribution in [0.15, 0.2) is 40.2 Å². The molecule has 0 spiro atoms. The van der Waals surface area contributed by atoms with E-state index in [1.165, 1.54) is 39.7 Å². The van der Waals surface area contributed by atoms with Crippen molar-refractivity contribution in [2.75, 3.05) is 4.90 Å². The Balaban J connectivity index is 1.67. The van der Waals surface area contributed by atoms with Gasteiger partial charge in [-0.15, -0.1) is 0 Å². The first-order valence-corrected chi connectivity index (χ1v) is 12.6. The summed E-state index contributed by atoms with van der Waals surface area (Å²) in [6.45, 7) is 17.8. The number of nitrogens with zero attached hydrogens (tertiary/aromatic N) is 2. The van der Waals surface area contributed by atoms with Gasteiger partial charge >= 0.3 is 0 Å². The van der Waals surface area contributed by atoms with Gasteiger partial charge in [0.05, 0.1) is 10.6 Å². The van der Waals surface area contributed by atoms with Gasteiger partial charge in [0, 0.05) is 17.3 Å². The molecule has 0 bridgehead atoms. The highest BCUT2D eigenvalue weighted by molar-refractivity contribution is 8.18. The van der Waals surface area contributed by atoms with E-state index in [9.17, 15) is 4.79 Å². The minimum Gasteiger partial charge on any atom is -0.364 e. The number of aliphatic imine (C=N–C) groups is 1. The number of fused-ring (bicyclic) bond motifs is 1. The summed E-state index contributed by atoms with van der Waals surface area (Å²) in [6, 6.07) is 11.1. The smallest absolute Gasteiger partial charge is 0.264 e. The third kappa shape index (κ3) is 4.61. The van der Waals surface area contributed by atoms with E-state index in [2.05, 4.69) is 88.8 Å². The number of hydrogen-bond donors (Lipinski definition) is 1. The standard InChI is InChI=1S/C28H35N3OS/c1-16(2)31-24-12-19(5)21(13-23(24)20(6)15-28(31,7)8)14-25-26(32)30-27(33-25)29-22-10-9-17(3)18(4)11-22/h9-14,16,20H,15H2,1-8H3,(H,29,30,32)/b25-14-. The van der Waals surface area contributed by atoms with Gasteiger partial charge in [-0.2, -0.15) is 0 Å². The summed E-state index contributed by atoms with van der Waals surface area (Å²) in [6.07, 6.45) is 3.13. The van der Waals surface area contributed by atoms with Crippen molar-refractivity contribution in [3.8, 4) is 0 Å². The molecule has 1 amide bonds. The molecular formula is C28H35N3OS. The molecule has 0 aliphatic carbocycles. The van der Waals surface area contributed by atoms with Crippen LogP contribution in [0.2, 0.25) is 0 Å². The number of benzene rings is 2. The van der Waals surface area contributed by atoms with Gasteiger partial charge in [-0.3, -0.25) is 4.79 Å². The fraction of sp³-hybridized carbons (Fsp3) is 0.429. The zero-order valence-corrected chi connectivity index (χ0v) is 21.9. The predicted octanol–water partition coefficient (Wildman–Crippen LogP) is 7.00. The van der Waals surface area contributed by atoms with E-state index in [-0.39, 0.29) is 11.4 Å². The van der Waals surface area contributed by atoms with Crippen LogP contribution < -0.4 is 10.2 Å². The SMILES string of the molecule is Cc1ccc(N=C2NC(=O)/C(=C/c3cc4c(cc3C)N(C(C)C)C(C)(C)CC4C)S2)cc1C. The molecule has 5 heteroatoms. The Bertz CT molecular complexity index is 1180. The van der Waals surface area contributed by atoms with Crippen molar-refractivity contribution in [1.82, 2.24) is 5.32 Å². The number of rotatable bonds is 3. The van der Waals surface area contributed by atoms with Crippen LogP contribution >= 0.6 is 11.8 Å². The summed E-state index contributed by atoms with van der Waals surface area (Å²) in [7, 11) is 0. The van der Waals surface area contributed by atoms with Gasteiger partial charge in [0.1, 0.15) is 0 Å². The van der Waals surface area contributed by atoms with E-state index >= 15 is 0 Å². The van der Waals surface area contributed by atoms with Crippen molar-refractivity contribution in [3.63, 3.8) is 0 Å². The molecule has 174 valence electrons. The lowest BCUT2D eigenvalue weighted by Crippen LogP contribution is -2.51. The van der Waals surface area contributed by atoms with Crippen molar-refractivity contribution in [2.45, 2.75) is 79.3 Å². The van der Waals surface area contributed by atoms with E-state index in [4.69, 9.17) is 0 Å². The molecule has 2 aromatic rings. The number of nitrogens with one attached hydrogen (secondary N) is 1. The first-order chi connectivity index (χ1) is 15.5. The Morgan fingerprint density at radius 1 is 1.12 bits per heavy atom. The van der Waals surface area contributed by atoms with Crippen LogP contribution in [-0.2, 0) is 4.79 Å². The summed E-state index contributed by atoms with van der Waals surface area (Å²) in [4.78, 5) is 20.6. The molecule has 1 unspecified atom stereocenters. The molecule has 2 aliphatic heterocycles. The number of anilines is 1. The molecule has 0 saturated carbocycles. The number of carbonyl (C=O) groups excluding carboxylic acids is 1. The molecule has 2 heterocycles. The van der Waals surface area contributed by atoms with Crippen molar-refractivity contribution in [3.05, 3.63) is 63.1 Å². The van der Waals surface area contributed by atoms with E-state index in [1.807, 2.05) is 18.2 Å². The normalized spacial score (nSPS) is 22.3. The highest BCUT2D eigenvalue weighted by atomic mass is 32.2. The largest absolute Gasteiger partial charge is 0.364 e. The highest BCUT2D eigenvalue weighted by Gasteiger charge is 2.38. The lowest BCUT2D eigenvalue weighted by Gasteiger charge is -2.50. The number of thioether (sulfide) groups is 1. The first kappa shape index (κ1) is 23.6. The van der Waals surface area contributed by atoms with Crippen LogP contribution in [0.5, 0.6) is 0 Å². The molecular weight excluding hydrogens is 426 g/mol. The summed E-state index contributed by atoms with van der Waals surface area (Å²) in [5.74, 6) is 0.382. The Labute approximate surface area is 202 Å². The van der Waals surface area contributed by atoms with Crippen molar-refractivity contribution >= 4 is 40.3 Å². The van der Waals surface area contributed by atoms with Crippen LogP contribution in [0.1, 0.15) is 74.8 Å². The van der Waals surface area contributed by atoms with E-state index in [0.29, 0.717) is 22.0 Å². The van der Waals surface area contributed by atoms with Gasteiger partial charge in [0.2, 0.25) is 0 Å². The molecule has 2 aliphatic rings. The second-order valence-corrected chi connectivity index (χ2v) is 11.4. The van der Waals surface area contributed by atoms with Gasteiger partial charge in [0.25, 0.3) is 5.91 Å². The summed E-state index contributed by atoms with van der Waals surface area (Å²) in [5.41, 5.74) is 8.39. The average molecular weight is 462 g/mol. The van der Waals surface area contributed by atoms with Crippen molar-refractivity contribution in [2.24, 2.45) is 4.99 Å². The molecule has 2 aromatic carbocycles. The maximum Gasteiger partial charge on any atom is 0.264 e. The molecule has 1 saturated heterocycles. The Morgan fingerprint density at radius 3 is 2.52 bits per heavy atom. The molecule has 4 rings (SSSR count). The third-order valence-electron chi connectivity index (χ3n) is 6.84. The van der Waals surface area contributed by atoms with Gasteiger partial charge in [-0.1, -0.05) is 13.0 Å². The summed E-state index contributed by atoms with van der Waals surface area (Å²) in [5, 5.41) is 3.56. The molecule has 4 nitrogen and oxygen atoms in total. The Kier molecular flexibility index (Phi) is 6.21. The summed E-state index contributed by atoms with van der Waals surface area (Å²) >= 11 is 1.41. The maximum absolute atomic E-state index is 12.7. The molecule has 1 atom stereocenters. The second kappa shape index (κ2) is 8.68. The van der Waals surface area contributed by atoms with Crippen LogP contribution in [0.4, 0.5) is 11.4 Å². The zero-order chi connectivity index (χ0) is 24.1. The molecule has 33 heavy (non-hydrogen) atoms. The van der Waals surface area contributed by atoms with Crippen LogP contribution in [0.25, 0.3) is 6.08 Å². The lowest BCUT2D eigenvalue weighted by atomic mass is 9.78. The van der Waals surface area contributed by atoms with Crippen molar-refractivity contribution < 1.29 is 4.79 Å². The van der Waals surface area contributed by atoms with Gasteiger partial charge in [0.15, 0.2) is 5.17 Å². The van der Waals surface area contributed by atoms with Gasteiger partial charge in [-0.05, 0) is 131 Å². The predicted molar refractivity (Wildman–Crippen MR) is 143 cm³/mol. The van der Waals surface area contributed by atoms with E-state index < -0.39 is 0 Å². The minimum absolute atomic E-state index is 0.0855. The highest BCUT2D eigenvalue weighted by Crippen LogP contribution is 2.45. The Morgan fingerprint density at radius 2 is 1.85 bits per heavy atom. The number of aryl methyl sites for hydroxylation is 3. The second-order valence-electron chi connectivity index (χ2n) is 10.4. The van der Waals surface area contributed by atoms with Crippen LogP contribution in [0.3, 0.4) is 0 Å². The zero-order valence-electron chi connectivity index (χ0n) is 21.0. The summed E-state index contributed by atoms with van der Waals surface area (Å²) < 4.78 is 0. The molecule has 0 radical (unpaired) electrons. The molecule has 1 N–H and O–H groups in total. The topological polar surface area (TPSA) is 44.7 Å². The quantitative estimate of drug-likeness (QED) is 0.500. The van der Waals surface area contributed by atoms with Gasteiger partial charge < -0.3 is 10.2 Å². The number of hydrogen-bond acceptors (Lipinski definition) is 4. The molecule has 0 aromatic heterocycles. The number of amidine groups is 1.